The molecule has 24 heavy (non-hydrogen) atoms. The molecule has 2 aromatic carbocycles. The van der Waals surface area contributed by atoms with Gasteiger partial charge in [-0.1, -0.05) is 41.1 Å². The van der Waals surface area contributed by atoms with Gasteiger partial charge in [0.2, 0.25) is 0 Å². The van der Waals surface area contributed by atoms with Crippen molar-refractivity contribution in [1.82, 2.24) is 9.97 Å². The highest BCUT2D eigenvalue weighted by molar-refractivity contribution is 9.10. The first-order chi connectivity index (χ1) is 11.7. The molecule has 0 unspecified atom stereocenters. The van der Waals surface area contributed by atoms with Gasteiger partial charge in [-0.25, -0.2) is 14.8 Å². The second kappa shape index (κ2) is 5.83. The predicted octanol–water partition coefficient (Wildman–Crippen LogP) is 4.73. The predicted molar refractivity (Wildman–Crippen MR) is 98.1 cm³/mol. The molecule has 2 aromatic heterocycles. The Kier molecular flexibility index (Phi) is 3.65. The molecule has 0 saturated heterocycles. The number of hydrogen-bond donors (Lipinski definition) is 0. The number of benzene rings is 2. The van der Waals surface area contributed by atoms with Crippen molar-refractivity contribution in [3.63, 3.8) is 0 Å². The standard InChI is InChI=1S/C19H13BrN2O2/c1-2-14-18(22-16-10-12(20)7-8-15(16)21-14)13-9-11-5-3-4-6-17(11)24-19(13)23/h3-10H,2H2,1H3. The monoisotopic (exact) mass is 380 g/mol. The van der Waals surface area contributed by atoms with E-state index in [1.165, 1.54) is 0 Å². The van der Waals surface area contributed by atoms with E-state index in [1.54, 1.807) is 6.07 Å². The molecule has 0 saturated carbocycles. The molecule has 0 aliphatic rings. The van der Waals surface area contributed by atoms with Crippen LogP contribution in [-0.2, 0) is 6.42 Å². The largest absolute Gasteiger partial charge is 0.422 e. The molecule has 5 heteroatoms. The van der Waals surface area contributed by atoms with Crippen molar-refractivity contribution in [2.45, 2.75) is 13.3 Å². The van der Waals surface area contributed by atoms with Gasteiger partial charge in [0.15, 0.2) is 0 Å². The zero-order valence-corrected chi connectivity index (χ0v) is 14.5. The zero-order chi connectivity index (χ0) is 16.7. The first-order valence-electron chi connectivity index (χ1n) is 7.65. The van der Waals surface area contributed by atoms with Gasteiger partial charge in [-0.2, -0.15) is 0 Å². The highest BCUT2D eigenvalue weighted by Crippen LogP contribution is 2.25. The van der Waals surface area contributed by atoms with E-state index < -0.39 is 5.63 Å². The van der Waals surface area contributed by atoms with Crippen molar-refractivity contribution in [3.8, 4) is 11.3 Å². The number of aryl methyl sites for hydroxylation is 1. The van der Waals surface area contributed by atoms with Crippen LogP contribution in [0.1, 0.15) is 12.6 Å². The van der Waals surface area contributed by atoms with Crippen LogP contribution >= 0.6 is 15.9 Å². The lowest BCUT2D eigenvalue weighted by Crippen LogP contribution is -2.07. The van der Waals surface area contributed by atoms with Crippen LogP contribution in [0.2, 0.25) is 0 Å². The molecule has 0 N–H and O–H groups in total. The number of fused-ring (bicyclic) bond motifs is 2. The van der Waals surface area contributed by atoms with Gasteiger partial charge in [-0.05, 0) is 36.8 Å². The van der Waals surface area contributed by atoms with Gasteiger partial charge in [0, 0.05) is 9.86 Å². The molecule has 0 fully saturated rings. The fourth-order valence-corrected chi connectivity index (χ4v) is 3.10. The molecule has 0 amide bonds. The normalized spacial score (nSPS) is 11.2. The van der Waals surface area contributed by atoms with Crippen LogP contribution in [0.4, 0.5) is 0 Å². The third kappa shape index (κ3) is 2.51. The number of nitrogens with zero attached hydrogens (tertiary/aromatic N) is 2. The molecule has 0 bridgehead atoms. The summed E-state index contributed by atoms with van der Waals surface area (Å²) < 4.78 is 6.37. The van der Waals surface area contributed by atoms with E-state index in [0.29, 0.717) is 23.3 Å². The Morgan fingerprint density at radius 2 is 1.88 bits per heavy atom. The first-order valence-corrected chi connectivity index (χ1v) is 8.44. The van der Waals surface area contributed by atoms with E-state index in [9.17, 15) is 4.79 Å². The fourth-order valence-electron chi connectivity index (χ4n) is 2.75. The maximum Gasteiger partial charge on any atom is 0.345 e. The van der Waals surface area contributed by atoms with Crippen molar-refractivity contribution in [3.05, 3.63) is 69.1 Å². The minimum Gasteiger partial charge on any atom is -0.422 e. The summed E-state index contributed by atoms with van der Waals surface area (Å²) in [6.45, 7) is 2.00. The van der Waals surface area contributed by atoms with Gasteiger partial charge in [-0.15, -0.1) is 0 Å². The van der Waals surface area contributed by atoms with Crippen LogP contribution in [-0.4, -0.2) is 9.97 Å². The summed E-state index contributed by atoms with van der Waals surface area (Å²) in [7, 11) is 0. The average Bonchev–Trinajstić information content (AvgIpc) is 2.60. The summed E-state index contributed by atoms with van der Waals surface area (Å²) in [6, 6.07) is 15.0. The van der Waals surface area contributed by atoms with Crippen LogP contribution in [0.3, 0.4) is 0 Å². The lowest BCUT2D eigenvalue weighted by atomic mass is 10.1. The van der Waals surface area contributed by atoms with E-state index in [1.807, 2.05) is 49.4 Å². The van der Waals surface area contributed by atoms with E-state index >= 15 is 0 Å². The second-order valence-electron chi connectivity index (χ2n) is 5.49. The highest BCUT2D eigenvalue weighted by Gasteiger charge is 2.15. The number of hydrogen-bond acceptors (Lipinski definition) is 4. The van der Waals surface area contributed by atoms with Crippen LogP contribution in [0.15, 0.2) is 62.2 Å². The van der Waals surface area contributed by atoms with Crippen molar-refractivity contribution >= 4 is 37.9 Å². The number of rotatable bonds is 2. The lowest BCUT2D eigenvalue weighted by molar-refractivity contribution is 0.563. The second-order valence-corrected chi connectivity index (χ2v) is 6.41. The number of para-hydroxylation sites is 1. The van der Waals surface area contributed by atoms with Crippen LogP contribution in [0.5, 0.6) is 0 Å². The molecule has 4 nitrogen and oxygen atoms in total. The molecule has 118 valence electrons. The Morgan fingerprint density at radius 3 is 2.71 bits per heavy atom. The van der Waals surface area contributed by atoms with Gasteiger partial charge in [0.1, 0.15) is 5.58 Å². The third-order valence-corrected chi connectivity index (χ3v) is 4.42. The molecule has 0 aliphatic heterocycles. The van der Waals surface area contributed by atoms with Crippen molar-refractivity contribution in [2.75, 3.05) is 0 Å². The Labute approximate surface area is 146 Å². The maximum atomic E-state index is 12.5. The van der Waals surface area contributed by atoms with Gasteiger partial charge >= 0.3 is 5.63 Å². The van der Waals surface area contributed by atoms with Crippen molar-refractivity contribution < 1.29 is 4.42 Å². The van der Waals surface area contributed by atoms with E-state index in [0.717, 1.165) is 26.6 Å². The van der Waals surface area contributed by atoms with Crippen LogP contribution in [0, 0.1) is 0 Å². The fraction of sp³-hybridized carbons (Fsp3) is 0.105. The van der Waals surface area contributed by atoms with Gasteiger partial charge in [0.25, 0.3) is 0 Å². The van der Waals surface area contributed by atoms with Crippen LogP contribution < -0.4 is 5.63 Å². The maximum absolute atomic E-state index is 12.5. The minimum atomic E-state index is -0.396. The number of aromatic nitrogens is 2. The van der Waals surface area contributed by atoms with Gasteiger partial charge < -0.3 is 4.42 Å². The highest BCUT2D eigenvalue weighted by atomic mass is 79.9. The molecule has 0 radical (unpaired) electrons. The molecule has 4 aromatic rings. The minimum absolute atomic E-state index is 0.396. The Hall–Kier alpha value is -2.53. The quantitative estimate of drug-likeness (QED) is 0.471. The van der Waals surface area contributed by atoms with Crippen molar-refractivity contribution in [2.24, 2.45) is 0 Å². The summed E-state index contributed by atoms with van der Waals surface area (Å²) in [6.07, 6.45) is 0.681. The zero-order valence-electron chi connectivity index (χ0n) is 12.9. The summed E-state index contributed by atoms with van der Waals surface area (Å²) in [4.78, 5) is 21.8. The molecule has 4 rings (SSSR count). The summed E-state index contributed by atoms with van der Waals surface area (Å²) in [5, 5.41) is 0.866. The van der Waals surface area contributed by atoms with Gasteiger partial charge in [-0.3, -0.25) is 0 Å². The van der Waals surface area contributed by atoms with E-state index in [2.05, 4.69) is 20.9 Å². The Bertz CT molecular complexity index is 1140. The molecule has 0 aliphatic carbocycles. The number of halogens is 1. The van der Waals surface area contributed by atoms with Crippen LogP contribution in [0.25, 0.3) is 33.3 Å². The average molecular weight is 381 g/mol. The molecular formula is C19H13BrN2O2. The van der Waals surface area contributed by atoms with E-state index in [4.69, 9.17) is 9.40 Å². The van der Waals surface area contributed by atoms with Crippen molar-refractivity contribution in [1.29, 1.82) is 0 Å². The van der Waals surface area contributed by atoms with E-state index in [-0.39, 0.29) is 0 Å². The summed E-state index contributed by atoms with van der Waals surface area (Å²) in [5.41, 5.74) is 3.54. The summed E-state index contributed by atoms with van der Waals surface area (Å²) in [5.74, 6) is 0. The Balaban J connectivity index is 2.04. The molecule has 0 spiro atoms. The summed E-state index contributed by atoms with van der Waals surface area (Å²) >= 11 is 3.45. The lowest BCUT2D eigenvalue weighted by Gasteiger charge is -2.08. The Morgan fingerprint density at radius 1 is 1.04 bits per heavy atom. The topological polar surface area (TPSA) is 56.0 Å². The molecule has 2 heterocycles. The molecule has 0 atom stereocenters. The SMILES string of the molecule is CCc1nc2ccc(Br)cc2nc1-c1cc2ccccc2oc1=O. The third-order valence-electron chi connectivity index (χ3n) is 3.93. The first kappa shape index (κ1) is 15.0. The smallest absolute Gasteiger partial charge is 0.345 e. The van der Waals surface area contributed by atoms with Gasteiger partial charge in [0.05, 0.1) is 28.0 Å². The molecular weight excluding hydrogens is 368 g/mol.